The summed E-state index contributed by atoms with van der Waals surface area (Å²) >= 11 is 0. The zero-order chi connectivity index (χ0) is 19.8. The molecule has 0 spiro atoms. The number of ether oxygens (including phenoxy) is 2. The van der Waals surface area contributed by atoms with Crippen LogP contribution in [0.1, 0.15) is 49.0 Å². The Morgan fingerprint density at radius 1 is 1.15 bits per heavy atom. The van der Waals surface area contributed by atoms with Crippen molar-refractivity contribution in [1.29, 1.82) is 0 Å². The van der Waals surface area contributed by atoms with Crippen LogP contribution in [0.4, 0.5) is 11.4 Å². The van der Waals surface area contributed by atoms with E-state index in [1.807, 2.05) is 31.2 Å². The van der Waals surface area contributed by atoms with Crippen LogP contribution in [-0.4, -0.2) is 25.1 Å². The fourth-order valence-corrected chi connectivity index (χ4v) is 2.51. The SMILES string of the molecule is CCCOC(=O)c1ccc(N)c(OCC(=O)Nc2ccccc2C(C)C)c1. The molecular weight excluding hydrogens is 344 g/mol. The molecule has 2 aromatic carbocycles. The number of carbonyl (C=O) groups is 2. The van der Waals surface area contributed by atoms with Gasteiger partial charge >= 0.3 is 5.97 Å². The summed E-state index contributed by atoms with van der Waals surface area (Å²) in [5.41, 5.74) is 8.36. The lowest BCUT2D eigenvalue weighted by atomic mass is 10.0. The van der Waals surface area contributed by atoms with E-state index in [9.17, 15) is 9.59 Å². The Bertz CT molecular complexity index is 803. The fourth-order valence-electron chi connectivity index (χ4n) is 2.51. The number of amides is 1. The Morgan fingerprint density at radius 3 is 2.59 bits per heavy atom. The van der Waals surface area contributed by atoms with Crippen LogP contribution in [0, 0.1) is 0 Å². The number of para-hydroxylation sites is 1. The summed E-state index contributed by atoms with van der Waals surface area (Å²) < 4.78 is 10.6. The first kappa shape index (κ1) is 20.3. The van der Waals surface area contributed by atoms with E-state index in [1.54, 1.807) is 12.1 Å². The Hall–Kier alpha value is -3.02. The summed E-state index contributed by atoms with van der Waals surface area (Å²) in [6.45, 7) is 6.17. The molecule has 0 aromatic heterocycles. The number of anilines is 2. The highest BCUT2D eigenvalue weighted by molar-refractivity contribution is 5.93. The van der Waals surface area contributed by atoms with Crippen molar-refractivity contribution in [3.05, 3.63) is 53.6 Å². The van der Waals surface area contributed by atoms with Gasteiger partial charge in [0.2, 0.25) is 0 Å². The van der Waals surface area contributed by atoms with E-state index in [2.05, 4.69) is 19.2 Å². The van der Waals surface area contributed by atoms with Gasteiger partial charge < -0.3 is 20.5 Å². The van der Waals surface area contributed by atoms with Crippen molar-refractivity contribution >= 4 is 23.3 Å². The highest BCUT2D eigenvalue weighted by Gasteiger charge is 2.13. The Kier molecular flexibility index (Phi) is 7.23. The predicted octanol–water partition coefficient (Wildman–Crippen LogP) is 3.98. The molecule has 0 heterocycles. The number of carbonyl (C=O) groups excluding carboxylic acids is 2. The van der Waals surface area contributed by atoms with Crippen molar-refractivity contribution in [3.8, 4) is 5.75 Å². The lowest BCUT2D eigenvalue weighted by Gasteiger charge is -2.14. The molecule has 27 heavy (non-hydrogen) atoms. The average Bonchev–Trinajstić information content (AvgIpc) is 2.65. The number of esters is 1. The molecule has 144 valence electrons. The van der Waals surface area contributed by atoms with Crippen molar-refractivity contribution in [2.75, 3.05) is 24.3 Å². The minimum absolute atomic E-state index is 0.218. The average molecular weight is 370 g/mol. The maximum atomic E-state index is 12.3. The number of hydrogen-bond donors (Lipinski definition) is 2. The summed E-state index contributed by atoms with van der Waals surface area (Å²) in [6.07, 6.45) is 0.738. The minimum atomic E-state index is -0.447. The first-order chi connectivity index (χ1) is 12.9. The molecule has 0 aliphatic rings. The summed E-state index contributed by atoms with van der Waals surface area (Å²) in [5.74, 6) is -0.199. The van der Waals surface area contributed by atoms with Crippen LogP contribution in [0.15, 0.2) is 42.5 Å². The van der Waals surface area contributed by atoms with Crippen molar-refractivity contribution in [2.24, 2.45) is 0 Å². The molecule has 3 N–H and O–H groups in total. The third-order valence-electron chi connectivity index (χ3n) is 3.90. The van der Waals surface area contributed by atoms with Gasteiger partial charge in [0.1, 0.15) is 5.75 Å². The van der Waals surface area contributed by atoms with E-state index >= 15 is 0 Å². The van der Waals surface area contributed by atoms with Crippen molar-refractivity contribution in [1.82, 2.24) is 0 Å². The van der Waals surface area contributed by atoms with Gasteiger partial charge in [0.15, 0.2) is 6.61 Å². The first-order valence-electron chi connectivity index (χ1n) is 9.00. The molecule has 2 rings (SSSR count). The Labute approximate surface area is 159 Å². The van der Waals surface area contributed by atoms with E-state index < -0.39 is 5.97 Å². The first-order valence-corrected chi connectivity index (χ1v) is 9.00. The molecule has 0 saturated heterocycles. The second-order valence-corrected chi connectivity index (χ2v) is 6.47. The number of benzene rings is 2. The van der Waals surface area contributed by atoms with E-state index in [0.717, 1.165) is 17.7 Å². The molecule has 6 heteroatoms. The zero-order valence-electron chi connectivity index (χ0n) is 16.0. The number of nitrogen functional groups attached to an aromatic ring is 1. The third kappa shape index (κ3) is 5.74. The van der Waals surface area contributed by atoms with Crippen LogP contribution < -0.4 is 15.8 Å². The quantitative estimate of drug-likeness (QED) is 0.542. The van der Waals surface area contributed by atoms with Crippen LogP contribution in [0.5, 0.6) is 5.75 Å². The van der Waals surface area contributed by atoms with Crippen LogP contribution in [-0.2, 0) is 9.53 Å². The molecule has 1 amide bonds. The Morgan fingerprint density at radius 2 is 1.89 bits per heavy atom. The normalized spacial score (nSPS) is 10.5. The van der Waals surface area contributed by atoms with E-state index in [-0.39, 0.29) is 24.2 Å². The zero-order valence-corrected chi connectivity index (χ0v) is 16.0. The maximum Gasteiger partial charge on any atom is 0.338 e. The van der Waals surface area contributed by atoms with Crippen LogP contribution >= 0.6 is 0 Å². The van der Waals surface area contributed by atoms with Crippen LogP contribution in [0.3, 0.4) is 0 Å². The molecule has 2 aromatic rings. The smallest absolute Gasteiger partial charge is 0.338 e. The summed E-state index contributed by atoms with van der Waals surface area (Å²) in [4.78, 5) is 24.2. The lowest BCUT2D eigenvalue weighted by molar-refractivity contribution is -0.118. The molecule has 0 radical (unpaired) electrons. The van der Waals surface area contributed by atoms with Gasteiger partial charge in [-0.1, -0.05) is 39.0 Å². The molecule has 6 nitrogen and oxygen atoms in total. The second-order valence-electron chi connectivity index (χ2n) is 6.47. The third-order valence-corrected chi connectivity index (χ3v) is 3.90. The van der Waals surface area contributed by atoms with E-state index in [1.165, 1.54) is 6.07 Å². The van der Waals surface area contributed by atoms with Crippen LogP contribution in [0.25, 0.3) is 0 Å². The molecule has 0 saturated carbocycles. The lowest BCUT2D eigenvalue weighted by Crippen LogP contribution is -2.21. The van der Waals surface area contributed by atoms with Gasteiger partial charge in [0.25, 0.3) is 5.91 Å². The van der Waals surface area contributed by atoms with Crippen molar-refractivity contribution in [2.45, 2.75) is 33.1 Å². The van der Waals surface area contributed by atoms with Crippen molar-refractivity contribution in [3.63, 3.8) is 0 Å². The number of nitrogens with two attached hydrogens (primary N) is 1. The molecule has 0 aliphatic carbocycles. The van der Waals surface area contributed by atoms with Crippen LogP contribution in [0.2, 0.25) is 0 Å². The number of hydrogen-bond acceptors (Lipinski definition) is 5. The monoisotopic (exact) mass is 370 g/mol. The topological polar surface area (TPSA) is 90.7 Å². The van der Waals surface area contributed by atoms with Gasteiger partial charge in [-0.2, -0.15) is 0 Å². The largest absolute Gasteiger partial charge is 0.482 e. The van der Waals surface area contributed by atoms with Gasteiger partial charge in [-0.3, -0.25) is 4.79 Å². The van der Waals surface area contributed by atoms with Gasteiger partial charge in [0.05, 0.1) is 17.9 Å². The van der Waals surface area contributed by atoms with E-state index in [4.69, 9.17) is 15.2 Å². The molecular formula is C21H26N2O4. The van der Waals surface area contributed by atoms with Gasteiger partial charge in [-0.05, 0) is 42.2 Å². The fraction of sp³-hybridized carbons (Fsp3) is 0.333. The van der Waals surface area contributed by atoms with Gasteiger partial charge in [0, 0.05) is 5.69 Å². The summed E-state index contributed by atoms with van der Waals surface area (Å²) in [6, 6.07) is 12.2. The standard InChI is InChI=1S/C21H26N2O4/c1-4-11-26-21(25)15-9-10-17(22)19(12-15)27-13-20(24)23-18-8-6-5-7-16(18)14(2)3/h5-10,12,14H,4,11,13,22H2,1-3H3,(H,23,24). The maximum absolute atomic E-state index is 12.3. The highest BCUT2D eigenvalue weighted by Crippen LogP contribution is 2.25. The molecule has 0 fully saturated rings. The number of nitrogens with one attached hydrogen (secondary N) is 1. The van der Waals surface area contributed by atoms with Gasteiger partial charge in [-0.25, -0.2) is 4.79 Å². The van der Waals surface area contributed by atoms with Gasteiger partial charge in [-0.15, -0.1) is 0 Å². The summed E-state index contributed by atoms with van der Waals surface area (Å²) in [7, 11) is 0. The molecule has 0 unspecified atom stereocenters. The summed E-state index contributed by atoms with van der Waals surface area (Å²) in [5, 5.41) is 2.85. The Balaban J connectivity index is 2.02. The molecule has 0 atom stereocenters. The second kappa shape index (κ2) is 9.62. The minimum Gasteiger partial charge on any atom is -0.482 e. The highest BCUT2D eigenvalue weighted by atomic mass is 16.5. The molecule has 0 bridgehead atoms. The number of rotatable bonds is 8. The predicted molar refractivity (Wildman–Crippen MR) is 106 cm³/mol. The van der Waals surface area contributed by atoms with E-state index in [0.29, 0.717) is 17.9 Å². The van der Waals surface area contributed by atoms with Crippen molar-refractivity contribution < 1.29 is 19.1 Å². The molecule has 0 aliphatic heterocycles.